The van der Waals surface area contributed by atoms with Crippen molar-refractivity contribution in [1.82, 2.24) is 10.6 Å². The number of carbonyl (C=O) groups excluding carboxylic acids is 2. The van der Waals surface area contributed by atoms with E-state index in [1.165, 1.54) is 0 Å². The second kappa shape index (κ2) is 9.22. The van der Waals surface area contributed by atoms with Gasteiger partial charge >= 0.3 is 0 Å². The Morgan fingerprint density at radius 3 is 2.48 bits per heavy atom. The number of methoxy groups -OCH3 is 1. The third-order valence-corrected chi connectivity index (χ3v) is 4.20. The van der Waals surface area contributed by atoms with Crippen LogP contribution >= 0.6 is 15.9 Å². The lowest BCUT2D eigenvalue weighted by Gasteiger charge is -2.11. The molecule has 132 valence electrons. The van der Waals surface area contributed by atoms with Gasteiger partial charge in [-0.2, -0.15) is 0 Å². The number of amides is 2. The van der Waals surface area contributed by atoms with Crippen LogP contribution in [0.3, 0.4) is 0 Å². The highest BCUT2D eigenvalue weighted by Gasteiger charge is 2.08. The monoisotopic (exact) mass is 404 g/mol. The molecule has 5 nitrogen and oxygen atoms in total. The number of aryl methyl sites for hydroxylation is 1. The predicted molar refractivity (Wildman–Crippen MR) is 101 cm³/mol. The molecular formula is C19H21BrN2O3. The molecule has 0 fully saturated rings. The van der Waals surface area contributed by atoms with Crippen LogP contribution in [-0.2, 0) is 11.2 Å². The molecule has 0 aliphatic carbocycles. The van der Waals surface area contributed by atoms with Gasteiger partial charge in [0.25, 0.3) is 5.91 Å². The van der Waals surface area contributed by atoms with Gasteiger partial charge in [0.2, 0.25) is 5.91 Å². The average molecular weight is 405 g/mol. The Morgan fingerprint density at radius 1 is 1.08 bits per heavy atom. The smallest absolute Gasteiger partial charge is 0.251 e. The van der Waals surface area contributed by atoms with E-state index in [-0.39, 0.29) is 18.4 Å². The lowest BCUT2D eigenvalue weighted by Crippen LogP contribution is -2.37. The Labute approximate surface area is 155 Å². The van der Waals surface area contributed by atoms with Gasteiger partial charge in [0.15, 0.2) is 0 Å². The zero-order chi connectivity index (χ0) is 18.2. The van der Waals surface area contributed by atoms with Crippen LogP contribution in [0.4, 0.5) is 0 Å². The summed E-state index contributed by atoms with van der Waals surface area (Å²) in [6.45, 7) is 2.44. The fourth-order valence-electron chi connectivity index (χ4n) is 2.37. The van der Waals surface area contributed by atoms with E-state index in [0.717, 1.165) is 21.3 Å². The summed E-state index contributed by atoms with van der Waals surface area (Å²) in [5.41, 5.74) is 2.70. The molecule has 25 heavy (non-hydrogen) atoms. The molecule has 0 radical (unpaired) electrons. The molecule has 6 heteroatoms. The molecule has 0 atom stereocenters. The van der Waals surface area contributed by atoms with Crippen LogP contribution in [-0.4, -0.2) is 32.0 Å². The van der Waals surface area contributed by atoms with Crippen molar-refractivity contribution >= 4 is 27.7 Å². The lowest BCUT2D eigenvalue weighted by atomic mass is 10.1. The lowest BCUT2D eigenvalue weighted by molar-refractivity contribution is -0.120. The standard InChI is InChI=1S/C19H21BrN2O3/c1-13-3-8-17(25-2)15(11-13)9-10-21-18(23)12-22-19(24)14-4-6-16(20)7-5-14/h3-8,11H,9-10,12H2,1-2H3,(H,21,23)(H,22,24). The van der Waals surface area contributed by atoms with Gasteiger partial charge in [0.1, 0.15) is 5.75 Å². The summed E-state index contributed by atoms with van der Waals surface area (Å²) >= 11 is 3.31. The molecule has 2 N–H and O–H groups in total. The predicted octanol–water partition coefficient (Wildman–Crippen LogP) is 2.85. The van der Waals surface area contributed by atoms with E-state index in [1.807, 2.05) is 25.1 Å². The van der Waals surface area contributed by atoms with Crippen LogP contribution in [0.2, 0.25) is 0 Å². The van der Waals surface area contributed by atoms with Crippen LogP contribution in [0, 0.1) is 6.92 Å². The number of halogens is 1. The van der Waals surface area contributed by atoms with Crippen molar-refractivity contribution in [3.05, 3.63) is 63.6 Å². The maximum atomic E-state index is 12.0. The van der Waals surface area contributed by atoms with Crippen molar-refractivity contribution in [3.63, 3.8) is 0 Å². The van der Waals surface area contributed by atoms with Gasteiger partial charge in [-0.25, -0.2) is 0 Å². The van der Waals surface area contributed by atoms with Gasteiger partial charge in [-0.05, 0) is 49.2 Å². The van der Waals surface area contributed by atoms with Crippen molar-refractivity contribution in [2.45, 2.75) is 13.3 Å². The highest BCUT2D eigenvalue weighted by Crippen LogP contribution is 2.19. The molecule has 0 saturated heterocycles. The van der Waals surface area contributed by atoms with E-state index in [9.17, 15) is 9.59 Å². The van der Waals surface area contributed by atoms with Gasteiger partial charge in [-0.3, -0.25) is 9.59 Å². The molecule has 2 aromatic carbocycles. The van der Waals surface area contributed by atoms with Crippen molar-refractivity contribution in [2.75, 3.05) is 20.2 Å². The fourth-order valence-corrected chi connectivity index (χ4v) is 2.63. The third-order valence-electron chi connectivity index (χ3n) is 3.67. The Bertz CT molecular complexity index is 745. The number of hydrogen-bond acceptors (Lipinski definition) is 3. The normalized spacial score (nSPS) is 10.2. The summed E-state index contributed by atoms with van der Waals surface area (Å²) in [5.74, 6) is 0.309. The van der Waals surface area contributed by atoms with Crippen LogP contribution in [0.15, 0.2) is 46.9 Å². The van der Waals surface area contributed by atoms with Gasteiger partial charge in [-0.15, -0.1) is 0 Å². The zero-order valence-electron chi connectivity index (χ0n) is 14.3. The van der Waals surface area contributed by atoms with Crippen LogP contribution in [0.5, 0.6) is 5.75 Å². The summed E-state index contributed by atoms with van der Waals surface area (Å²) < 4.78 is 6.22. The first-order valence-electron chi connectivity index (χ1n) is 7.93. The highest BCUT2D eigenvalue weighted by atomic mass is 79.9. The number of carbonyl (C=O) groups is 2. The molecule has 0 aromatic heterocycles. The molecule has 0 aliphatic rings. The largest absolute Gasteiger partial charge is 0.496 e. The van der Waals surface area contributed by atoms with E-state index in [1.54, 1.807) is 31.4 Å². The van der Waals surface area contributed by atoms with Crippen LogP contribution in [0.1, 0.15) is 21.5 Å². The fraction of sp³-hybridized carbons (Fsp3) is 0.263. The minimum Gasteiger partial charge on any atom is -0.496 e. The topological polar surface area (TPSA) is 67.4 Å². The molecule has 2 aromatic rings. The maximum Gasteiger partial charge on any atom is 0.251 e. The maximum absolute atomic E-state index is 12.0. The zero-order valence-corrected chi connectivity index (χ0v) is 15.9. The first-order valence-corrected chi connectivity index (χ1v) is 8.73. The Morgan fingerprint density at radius 2 is 1.80 bits per heavy atom. The molecule has 2 amide bonds. The first-order chi connectivity index (χ1) is 12.0. The number of benzene rings is 2. The second-order valence-corrected chi connectivity index (χ2v) is 6.52. The van der Waals surface area contributed by atoms with E-state index in [2.05, 4.69) is 26.6 Å². The van der Waals surface area contributed by atoms with E-state index < -0.39 is 0 Å². The van der Waals surface area contributed by atoms with Crippen LogP contribution < -0.4 is 15.4 Å². The minimum absolute atomic E-state index is 0.0557. The summed E-state index contributed by atoms with van der Waals surface area (Å²) in [6.07, 6.45) is 0.664. The molecule has 0 aliphatic heterocycles. The molecule has 2 rings (SSSR count). The van der Waals surface area contributed by atoms with Crippen molar-refractivity contribution in [2.24, 2.45) is 0 Å². The molecule has 0 unspecified atom stereocenters. The SMILES string of the molecule is COc1ccc(C)cc1CCNC(=O)CNC(=O)c1ccc(Br)cc1. The molecule has 0 spiro atoms. The first kappa shape index (κ1) is 19.0. The molecular weight excluding hydrogens is 384 g/mol. The summed E-state index contributed by atoms with van der Waals surface area (Å²) in [4.78, 5) is 23.8. The Hall–Kier alpha value is -2.34. The van der Waals surface area contributed by atoms with E-state index in [4.69, 9.17) is 4.74 Å². The third kappa shape index (κ3) is 5.90. The quantitative estimate of drug-likeness (QED) is 0.745. The van der Waals surface area contributed by atoms with Gasteiger partial charge in [0, 0.05) is 16.6 Å². The van der Waals surface area contributed by atoms with Gasteiger partial charge in [-0.1, -0.05) is 33.6 Å². The van der Waals surface area contributed by atoms with Crippen molar-refractivity contribution < 1.29 is 14.3 Å². The molecule has 0 bridgehead atoms. The Kier molecular flexibility index (Phi) is 7.01. The van der Waals surface area contributed by atoms with Crippen molar-refractivity contribution in [3.8, 4) is 5.75 Å². The van der Waals surface area contributed by atoms with E-state index >= 15 is 0 Å². The summed E-state index contributed by atoms with van der Waals surface area (Å²) in [7, 11) is 1.63. The van der Waals surface area contributed by atoms with Crippen LogP contribution in [0.25, 0.3) is 0 Å². The van der Waals surface area contributed by atoms with Crippen molar-refractivity contribution in [1.29, 1.82) is 0 Å². The van der Waals surface area contributed by atoms with Gasteiger partial charge < -0.3 is 15.4 Å². The minimum atomic E-state index is -0.275. The van der Waals surface area contributed by atoms with E-state index in [0.29, 0.717) is 18.5 Å². The average Bonchev–Trinajstić information content (AvgIpc) is 2.60. The molecule has 0 saturated carbocycles. The number of nitrogens with one attached hydrogen (secondary N) is 2. The number of rotatable bonds is 7. The molecule has 0 heterocycles. The number of ether oxygens (including phenoxy) is 1. The summed E-state index contributed by atoms with van der Waals surface area (Å²) in [6, 6.07) is 12.9. The Balaban J connectivity index is 1.76. The second-order valence-electron chi connectivity index (χ2n) is 5.60. The summed E-state index contributed by atoms with van der Waals surface area (Å²) in [5, 5.41) is 5.41. The number of hydrogen-bond donors (Lipinski definition) is 2. The van der Waals surface area contributed by atoms with Gasteiger partial charge in [0.05, 0.1) is 13.7 Å². The highest BCUT2D eigenvalue weighted by molar-refractivity contribution is 9.10.